The number of pyridine rings is 1. The molecule has 12 heteroatoms. The summed E-state index contributed by atoms with van der Waals surface area (Å²) in [5, 5.41) is 7.70. The number of primary amides is 1. The van der Waals surface area contributed by atoms with Crippen LogP contribution in [0.4, 0.5) is 14.5 Å². The van der Waals surface area contributed by atoms with Crippen LogP contribution in [0.1, 0.15) is 45.0 Å². The lowest BCUT2D eigenvalue weighted by molar-refractivity contribution is -0.119. The maximum Gasteiger partial charge on any atom is 0.280 e. The standard InChI is InChI=1S/C23H22BrF2N5O2S2/c1-9(8-31-12(4)17(24)11(3)30-31)22(33)29-18-16-13(15-6-5-10(2)34-15)7-14(20(25)26)28-23(16)35-19(18)21(27)32/h5-7,9,20H,8H2,1-4H3,(H2,27,32)(H,29,33). The van der Waals surface area contributed by atoms with Crippen LogP contribution in [-0.2, 0) is 11.3 Å². The maximum atomic E-state index is 13.6. The molecule has 2 amide bonds. The highest BCUT2D eigenvalue weighted by Gasteiger charge is 2.27. The van der Waals surface area contributed by atoms with Crippen molar-refractivity contribution < 1.29 is 18.4 Å². The van der Waals surface area contributed by atoms with E-state index in [9.17, 15) is 18.4 Å². The van der Waals surface area contributed by atoms with E-state index in [2.05, 4.69) is 31.3 Å². The molecule has 4 rings (SSSR count). The third-order valence-corrected chi connectivity index (χ3v) is 8.85. The van der Waals surface area contributed by atoms with Gasteiger partial charge in [-0.05, 0) is 54.9 Å². The molecule has 4 aromatic rings. The molecule has 4 heterocycles. The monoisotopic (exact) mass is 581 g/mol. The minimum Gasteiger partial charge on any atom is -0.365 e. The van der Waals surface area contributed by atoms with Crippen molar-refractivity contribution in [1.29, 1.82) is 0 Å². The number of carbonyl (C=O) groups excluding carboxylic acids is 2. The van der Waals surface area contributed by atoms with Gasteiger partial charge in [-0.25, -0.2) is 13.8 Å². The van der Waals surface area contributed by atoms with E-state index in [0.29, 0.717) is 17.5 Å². The predicted octanol–water partition coefficient (Wildman–Crippen LogP) is 6.22. The number of nitrogens with two attached hydrogens (primary N) is 1. The number of fused-ring (bicyclic) bond motifs is 1. The second-order valence-corrected chi connectivity index (χ2v) is 11.3. The van der Waals surface area contributed by atoms with Crippen molar-refractivity contribution in [1.82, 2.24) is 14.8 Å². The average Bonchev–Trinajstić information content (AvgIpc) is 3.46. The first-order valence-electron chi connectivity index (χ1n) is 10.6. The number of aryl methyl sites for hydroxylation is 2. The Morgan fingerprint density at radius 2 is 1.94 bits per heavy atom. The number of carbonyl (C=O) groups is 2. The van der Waals surface area contributed by atoms with Crippen LogP contribution >= 0.6 is 38.6 Å². The van der Waals surface area contributed by atoms with Gasteiger partial charge in [-0.15, -0.1) is 22.7 Å². The number of rotatable bonds is 7. The zero-order valence-corrected chi connectivity index (χ0v) is 22.5. The summed E-state index contributed by atoms with van der Waals surface area (Å²) >= 11 is 5.80. The molecule has 3 N–H and O–H groups in total. The molecule has 1 unspecified atom stereocenters. The topological polar surface area (TPSA) is 103 Å². The van der Waals surface area contributed by atoms with Crippen LogP contribution in [0.3, 0.4) is 0 Å². The second kappa shape index (κ2) is 9.75. The number of nitrogens with zero attached hydrogens (tertiary/aromatic N) is 3. The van der Waals surface area contributed by atoms with Crippen LogP contribution in [0.25, 0.3) is 20.7 Å². The molecule has 0 spiro atoms. The van der Waals surface area contributed by atoms with Gasteiger partial charge in [-0.3, -0.25) is 14.3 Å². The Labute approximate surface area is 216 Å². The smallest absolute Gasteiger partial charge is 0.280 e. The van der Waals surface area contributed by atoms with E-state index < -0.39 is 23.9 Å². The summed E-state index contributed by atoms with van der Waals surface area (Å²) in [4.78, 5) is 31.5. The quantitative estimate of drug-likeness (QED) is 0.270. The number of hydrogen-bond acceptors (Lipinski definition) is 6. The highest BCUT2D eigenvalue weighted by Crippen LogP contribution is 2.44. The Bertz CT molecular complexity index is 1460. The Morgan fingerprint density at radius 1 is 1.23 bits per heavy atom. The summed E-state index contributed by atoms with van der Waals surface area (Å²) < 4.78 is 29.9. The lowest BCUT2D eigenvalue weighted by atomic mass is 10.1. The van der Waals surface area contributed by atoms with Crippen LogP contribution in [0, 0.1) is 26.7 Å². The zero-order valence-electron chi connectivity index (χ0n) is 19.3. The van der Waals surface area contributed by atoms with Crippen molar-refractivity contribution in [3.63, 3.8) is 0 Å². The van der Waals surface area contributed by atoms with Gasteiger partial charge in [0.25, 0.3) is 12.3 Å². The number of anilines is 1. The van der Waals surface area contributed by atoms with Crippen LogP contribution in [-0.4, -0.2) is 26.6 Å². The number of amides is 2. The molecule has 0 saturated heterocycles. The van der Waals surface area contributed by atoms with Crippen molar-refractivity contribution in [2.75, 3.05) is 5.32 Å². The molecule has 4 aromatic heterocycles. The normalized spacial score (nSPS) is 12.5. The first-order chi connectivity index (χ1) is 16.5. The van der Waals surface area contributed by atoms with E-state index in [1.54, 1.807) is 11.6 Å². The minimum atomic E-state index is -2.79. The van der Waals surface area contributed by atoms with E-state index in [4.69, 9.17) is 5.73 Å². The molecule has 0 aliphatic heterocycles. The molecule has 1 atom stereocenters. The van der Waals surface area contributed by atoms with Crippen LogP contribution in [0.2, 0.25) is 0 Å². The zero-order chi connectivity index (χ0) is 25.6. The Balaban J connectivity index is 1.79. The van der Waals surface area contributed by atoms with E-state index in [-0.39, 0.29) is 21.3 Å². The predicted molar refractivity (Wildman–Crippen MR) is 138 cm³/mol. The number of hydrogen-bond donors (Lipinski definition) is 2. The van der Waals surface area contributed by atoms with Gasteiger partial charge in [-0.1, -0.05) is 6.92 Å². The molecular weight excluding hydrogens is 560 g/mol. The number of aromatic nitrogens is 3. The van der Waals surface area contributed by atoms with Crippen LogP contribution in [0.5, 0.6) is 0 Å². The Hall–Kier alpha value is -2.70. The average molecular weight is 582 g/mol. The number of alkyl halides is 2. The fourth-order valence-electron chi connectivity index (χ4n) is 3.74. The minimum absolute atomic E-state index is 0.0582. The van der Waals surface area contributed by atoms with Gasteiger partial charge in [0.2, 0.25) is 5.91 Å². The molecule has 0 fully saturated rings. The van der Waals surface area contributed by atoms with Gasteiger partial charge in [0, 0.05) is 26.4 Å². The maximum absolute atomic E-state index is 13.6. The van der Waals surface area contributed by atoms with Gasteiger partial charge >= 0.3 is 0 Å². The first kappa shape index (κ1) is 25.4. The molecule has 0 aliphatic carbocycles. The summed E-state index contributed by atoms with van der Waals surface area (Å²) in [6, 6.07) is 5.01. The summed E-state index contributed by atoms with van der Waals surface area (Å²) in [5.74, 6) is -1.65. The Morgan fingerprint density at radius 3 is 2.49 bits per heavy atom. The summed E-state index contributed by atoms with van der Waals surface area (Å²) in [6.07, 6.45) is -2.79. The highest BCUT2D eigenvalue weighted by molar-refractivity contribution is 9.10. The molecule has 0 radical (unpaired) electrons. The van der Waals surface area contributed by atoms with E-state index in [0.717, 1.165) is 37.0 Å². The molecule has 0 aromatic carbocycles. The third kappa shape index (κ3) is 4.87. The van der Waals surface area contributed by atoms with E-state index in [1.165, 1.54) is 17.4 Å². The Kier molecular flexibility index (Phi) is 7.07. The van der Waals surface area contributed by atoms with Gasteiger partial charge in [0.15, 0.2) is 0 Å². The first-order valence-corrected chi connectivity index (χ1v) is 13.0. The number of thiophene rings is 2. The lowest BCUT2D eigenvalue weighted by Gasteiger charge is -2.15. The third-order valence-electron chi connectivity index (χ3n) is 5.57. The van der Waals surface area contributed by atoms with Crippen molar-refractivity contribution in [2.24, 2.45) is 11.7 Å². The van der Waals surface area contributed by atoms with Crippen molar-refractivity contribution >= 4 is 66.3 Å². The number of halogens is 3. The molecule has 0 aliphatic rings. The van der Waals surface area contributed by atoms with Crippen molar-refractivity contribution in [3.05, 3.63) is 49.5 Å². The highest BCUT2D eigenvalue weighted by atomic mass is 79.9. The summed E-state index contributed by atoms with van der Waals surface area (Å²) in [5.41, 5.74) is 7.57. The lowest BCUT2D eigenvalue weighted by Crippen LogP contribution is -2.26. The SMILES string of the molecule is Cc1ccc(-c2cc(C(F)F)nc3sc(C(N)=O)c(NC(=O)C(C)Cn4nc(C)c(Br)c4C)c23)s1. The fraction of sp³-hybridized carbons (Fsp3) is 0.304. The van der Waals surface area contributed by atoms with Gasteiger partial charge in [0.1, 0.15) is 15.4 Å². The second-order valence-electron chi connectivity index (χ2n) is 8.21. The van der Waals surface area contributed by atoms with E-state index in [1.807, 2.05) is 32.9 Å². The molecular formula is C23H22BrF2N5O2S2. The molecule has 0 saturated carbocycles. The van der Waals surface area contributed by atoms with Gasteiger partial charge < -0.3 is 11.1 Å². The largest absolute Gasteiger partial charge is 0.365 e. The molecule has 184 valence electrons. The van der Waals surface area contributed by atoms with Crippen LogP contribution < -0.4 is 11.1 Å². The van der Waals surface area contributed by atoms with Crippen LogP contribution in [0.15, 0.2) is 22.7 Å². The fourth-order valence-corrected chi connectivity index (χ4v) is 5.93. The molecule has 7 nitrogen and oxygen atoms in total. The van der Waals surface area contributed by atoms with Gasteiger partial charge in [0.05, 0.1) is 28.3 Å². The van der Waals surface area contributed by atoms with Crippen molar-refractivity contribution in [2.45, 2.75) is 40.7 Å². The van der Waals surface area contributed by atoms with Gasteiger partial charge in [-0.2, -0.15) is 5.10 Å². The molecule has 0 bridgehead atoms. The van der Waals surface area contributed by atoms with E-state index >= 15 is 0 Å². The summed E-state index contributed by atoms with van der Waals surface area (Å²) in [7, 11) is 0. The molecule has 35 heavy (non-hydrogen) atoms. The number of nitrogens with one attached hydrogen (secondary N) is 1. The summed E-state index contributed by atoms with van der Waals surface area (Å²) in [6.45, 7) is 7.72. The van der Waals surface area contributed by atoms with Crippen molar-refractivity contribution in [3.8, 4) is 10.4 Å².